The average molecular weight is 339 g/mol. The van der Waals surface area contributed by atoms with Gasteiger partial charge in [0.15, 0.2) is 0 Å². The quantitative estimate of drug-likeness (QED) is 0.739. The first-order valence-electron chi connectivity index (χ1n) is 8.63. The van der Waals surface area contributed by atoms with Gasteiger partial charge in [-0.2, -0.15) is 0 Å². The summed E-state index contributed by atoms with van der Waals surface area (Å²) in [5, 5.41) is 0. The topological polar surface area (TPSA) is 48.0 Å². The van der Waals surface area contributed by atoms with Crippen molar-refractivity contribution in [3.63, 3.8) is 0 Å². The highest BCUT2D eigenvalue weighted by molar-refractivity contribution is 6.53. The van der Waals surface area contributed by atoms with Crippen molar-refractivity contribution < 1.29 is 23.2 Å². The lowest BCUT2D eigenvalue weighted by Crippen LogP contribution is -2.53. The third-order valence-corrected chi connectivity index (χ3v) is 5.59. The summed E-state index contributed by atoms with van der Waals surface area (Å²) < 4.78 is 31.7. The maximum atomic E-state index is 14.7. The Bertz CT molecular complexity index is 555. The van der Waals surface area contributed by atoms with Crippen LogP contribution < -0.4 is 0 Å². The first-order valence-corrected chi connectivity index (χ1v) is 8.63. The highest BCUT2D eigenvalue weighted by Crippen LogP contribution is 2.41. The van der Waals surface area contributed by atoms with Crippen LogP contribution in [0.2, 0.25) is 0 Å². The third-order valence-electron chi connectivity index (χ3n) is 5.59. The fourth-order valence-corrected chi connectivity index (χ4v) is 3.03. The summed E-state index contributed by atoms with van der Waals surface area (Å²) in [4.78, 5) is 13.9. The summed E-state index contributed by atoms with van der Waals surface area (Å²) >= 11 is 0. The van der Waals surface area contributed by atoms with Crippen molar-refractivity contribution in [1.82, 2.24) is 4.90 Å². The van der Waals surface area contributed by atoms with Crippen LogP contribution in [0.4, 0.5) is 9.18 Å². The van der Waals surface area contributed by atoms with Crippen molar-refractivity contribution in [2.24, 2.45) is 5.41 Å². The van der Waals surface area contributed by atoms with Gasteiger partial charge in [0.05, 0.1) is 11.2 Å². The summed E-state index contributed by atoms with van der Waals surface area (Å²) in [6.07, 6.45) is 2.38. The molecule has 2 heterocycles. The molecule has 0 aromatic heterocycles. The van der Waals surface area contributed by atoms with Gasteiger partial charge in [-0.25, -0.2) is 9.18 Å². The highest BCUT2D eigenvalue weighted by atomic mass is 19.1. The van der Waals surface area contributed by atoms with Crippen LogP contribution in [0, 0.1) is 5.41 Å². The van der Waals surface area contributed by atoms with Gasteiger partial charge in [0, 0.05) is 18.0 Å². The molecule has 5 nitrogen and oxygen atoms in total. The average Bonchev–Trinajstić information content (AvgIpc) is 3.22. The molecule has 0 aromatic carbocycles. The smallest absolute Gasteiger partial charge is 0.441 e. The van der Waals surface area contributed by atoms with E-state index < -0.39 is 30.2 Å². The Morgan fingerprint density at radius 1 is 1.17 bits per heavy atom. The van der Waals surface area contributed by atoms with Gasteiger partial charge in [0.2, 0.25) is 0 Å². The first-order chi connectivity index (χ1) is 10.9. The van der Waals surface area contributed by atoms with Crippen molar-refractivity contribution in [1.29, 1.82) is 0 Å². The number of ether oxygens (including phenoxy) is 1. The molecule has 0 aromatic rings. The van der Waals surface area contributed by atoms with Gasteiger partial charge in [-0.1, -0.05) is 13.8 Å². The van der Waals surface area contributed by atoms with E-state index in [-0.39, 0.29) is 17.6 Å². The van der Waals surface area contributed by atoms with Crippen molar-refractivity contribution in [3.05, 3.63) is 11.8 Å². The van der Waals surface area contributed by atoms with Crippen molar-refractivity contribution in [2.45, 2.75) is 77.7 Å². The van der Waals surface area contributed by atoms with Crippen LogP contribution in [0.3, 0.4) is 0 Å². The number of halogens is 1. The zero-order valence-corrected chi connectivity index (χ0v) is 15.4. The van der Waals surface area contributed by atoms with Crippen molar-refractivity contribution in [2.75, 3.05) is 6.54 Å². The number of rotatable bonds is 3. The Kier molecular flexibility index (Phi) is 4.04. The number of carbonyl (C=O) groups excluding carboxylic acids is 1. The third kappa shape index (κ3) is 3.08. The Hall–Kier alpha value is -1.08. The Balaban J connectivity index is 1.74. The second-order valence-electron chi connectivity index (χ2n) is 8.79. The largest absolute Gasteiger partial charge is 0.525 e. The number of nitrogens with zero attached hydrogens (tertiary/aromatic N) is 1. The standard InChI is InChI=1S/C17H27BFNO4/c1-15(2)10-20(11-7-8-11)14(21)22-12(15)9-13(19)18-23-16(3,4)17(5,6)24-18/h9,11-12H,7-8,10H2,1-6H3. The van der Waals surface area contributed by atoms with Crippen molar-refractivity contribution >= 4 is 13.2 Å². The van der Waals surface area contributed by atoms with Crippen LogP contribution in [0.25, 0.3) is 0 Å². The molecular weight excluding hydrogens is 312 g/mol. The molecule has 0 radical (unpaired) electrons. The number of hydrogen-bond acceptors (Lipinski definition) is 4. The van der Waals surface area contributed by atoms with E-state index in [4.69, 9.17) is 14.0 Å². The van der Waals surface area contributed by atoms with Crippen LogP contribution >= 0.6 is 0 Å². The van der Waals surface area contributed by atoms with Gasteiger partial charge >= 0.3 is 13.2 Å². The van der Waals surface area contributed by atoms with Gasteiger partial charge in [-0.05, 0) is 46.6 Å². The molecule has 1 aliphatic carbocycles. The Labute approximate surface area is 143 Å². The molecule has 1 saturated carbocycles. The Morgan fingerprint density at radius 2 is 1.71 bits per heavy atom. The van der Waals surface area contributed by atoms with E-state index in [1.54, 1.807) is 4.90 Å². The molecule has 1 atom stereocenters. The summed E-state index contributed by atoms with van der Waals surface area (Å²) in [7, 11) is -1.06. The molecule has 1 amide bonds. The minimum Gasteiger partial charge on any atom is -0.441 e. The lowest BCUT2D eigenvalue weighted by Gasteiger charge is -2.42. The van der Waals surface area contributed by atoms with Crippen LogP contribution in [-0.4, -0.2) is 48.0 Å². The molecule has 3 aliphatic rings. The number of carbonyl (C=O) groups is 1. The number of cyclic esters (lactones) is 1. The van der Waals surface area contributed by atoms with Gasteiger partial charge in [-0.3, -0.25) is 0 Å². The summed E-state index contributed by atoms with van der Waals surface area (Å²) in [5.74, 6) is 0. The number of hydrogen-bond donors (Lipinski definition) is 0. The lowest BCUT2D eigenvalue weighted by molar-refractivity contribution is -0.0303. The molecule has 3 fully saturated rings. The monoisotopic (exact) mass is 339 g/mol. The fourth-order valence-electron chi connectivity index (χ4n) is 3.03. The minimum atomic E-state index is -1.06. The van der Waals surface area contributed by atoms with Crippen LogP contribution in [0.1, 0.15) is 54.4 Å². The fraction of sp³-hybridized carbons (Fsp3) is 0.824. The summed E-state index contributed by atoms with van der Waals surface area (Å²) in [6, 6.07) is 0.287. The van der Waals surface area contributed by atoms with E-state index in [2.05, 4.69) is 0 Å². The van der Waals surface area contributed by atoms with Crippen molar-refractivity contribution in [3.8, 4) is 0 Å². The van der Waals surface area contributed by atoms with E-state index in [0.717, 1.165) is 12.8 Å². The van der Waals surface area contributed by atoms with Gasteiger partial charge in [-0.15, -0.1) is 0 Å². The molecule has 134 valence electrons. The van der Waals surface area contributed by atoms with Gasteiger partial charge in [0.25, 0.3) is 0 Å². The predicted molar refractivity (Wildman–Crippen MR) is 89.1 cm³/mol. The molecule has 0 spiro atoms. The van der Waals surface area contributed by atoms with Crippen LogP contribution in [0.15, 0.2) is 11.8 Å². The molecular formula is C17H27BFNO4. The minimum absolute atomic E-state index is 0.287. The maximum absolute atomic E-state index is 14.7. The Morgan fingerprint density at radius 3 is 2.21 bits per heavy atom. The molecule has 2 saturated heterocycles. The predicted octanol–water partition coefficient (Wildman–Crippen LogP) is 3.48. The maximum Gasteiger partial charge on any atom is 0.525 e. The second kappa shape index (κ2) is 5.46. The molecule has 0 N–H and O–H groups in total. The molecule has 7 heteroatoms. The molecule has 24 heavy (non-hydrogen) atoms. The molecule has 1 unspecified atom stereocenters. The summed E-state index contributed by atoms with van der Waals surface area (Å²) in [5.41, 5.74) is -2.13. The molecule has 3 rings (SSSR count). The van der Waals surface area contributed by atoms with E-state index in [9.17, 15) is 9.18 Å². The van der Waals surface area contributed by atoms with E-state index >= 15 is 0 Å². The molecule has 2 aliphatic heterocycles. The summed E-state index contributed by atoms with van der Waals surface area (Å²) in [6.45, 7) is 12.0. The van der Waals surface area contributed by atoms with E-state index in [0.29, 0.717) is 6.54 Å². The van der Waals surface area contributed by atoms with Gasteiger partial charge < -0.3 is 18.9 Å². The zero-order valence-electron chi connectivity index (χ0n) is 15.4. The lowest BCUT2D eigenvalue weighted by atomic mass is 9.80. The van der Waals surface area contributed by atoms with Gasteiger partial charge in [0.1, 0.15) is 11.8 Å². The van der Waals surface area contributed by atoms with E-state index in [1.807, 2.05) is 41.5 Å². The molecule has 0 bridgehead atoms. The first kappa shape index (κ1) is 17.7. The SMILES string of the molecule is CC1(C)CN(C2CC2)C(=O)OC1C=C(F)B1OC(C)(C)C(C)(C)O1. The van der Waals surface area contributed by atoms with E-state index in [1.165, 1.54) is 6.08 Å². The van der Waals surface area contributed by atoms with Crippen LogP contribution in [0.5, 0.6) is 0 Å². The highest BCUT2D eigenvalue weighted by Gasteiger charge is 2.54. The van der Waals surface area contributed by atoms with Crippen LogP contribution in [-0.2, 0) is 14.0 Å². The number of amides is 1. The normalized spacial score (nSPS) is 32.0. The second-order valence-corrected chi connectivity index (χ2v) is 8.79. The zero-order chi connectivity index (χ0) is 17.9.